The summed E-state index contributed by atoms with van der Waals surface area (Å²) in [4.78, 5) is 12.3. The predicted octanol–water partition coefficient (Wildman–Crippen LogP) is 3.90. The van der Waals surface area contributed by atoms with E-state index in [0.29, 0.717) is 27.8 Å². The van der Waals surface area contributed by atoms with Gasteiger partial charge >= 0.3 is 0 Å². The Morgan fingerprint density at radius 1 is 1.17 bits per heavy atom. The molecule has 1 amide bonds. The molecule has 1 N–H and O–H groups in total. The Kier molecular flexibility index (Phi) is 5.83. The minimum atomic E-state index is -0.532. The van der Waals surface area contributed by atoms with E-state index >= 15 is 0 Å². The van der Waals surface area contributed by atoms with Crippen LogP contribution in [-0.2, 0) is 4.79 Å². The van der Waals surface area contributed by atoms with Crippen LogP contribution in [0.1, 0.15) is 5.56 Å². The van der Waals surface area contributed by atoms with Gasteiger partial charge in [-0.15, -0.1) is 0 Å². The van der Waals surface area contributed by atoms with Gasteiger partial charge in [0, 0.05) is 11.1 Å². The van der Waals surface area contributed by atoms with Crippen LogP contribution >= 0.6 is 11.6 Å². The molecule has 6 heteroatoms. The molecule has 0 radical (unpaired) electrons. The average Bonchev–Trinajstić information content (AvgIpc) is 2.61. The molecule has 0 aliphatic rings. The number of nitriles is 1. The molecular weight excluding hydrogens is 328 g/mol. The molecule has 0 bridgehead atoms. The van der Waals surface area contributed by atoms with Crippen molar-refractivity contribution in [1.29, 1.82) is 5.26 Å². The summed E-state index contributed by atoms with van der Waals surface area (Å²) in [6.45, 7) is 0. The number of rotatable bonds is 5. The Labute approximate surface area is 145 Å². The number of ether oxygens (including phenoxy) is 2. The topological polar surface area (TPSA) is 71.3 Å². The van der Waals surface area contributed by atoms with Crippen molar-refractivity contribution in [3.05, 3.63) is 58.6 Å². The second-order valence-corrected chi connectivity index (χ2v) is 5.18. The van der Waals surface area contributed by atoms with Crippen LogP contribution in [0, 0.1) is 11.3 Å². The van der Waals surface area contributed by atoms with Crippen LogP contribution in [0.15, 0.2) is 48.0 Å². The number of halogens is 1. The van der Waals surface area contributed by atoms with Crippen molar-refractivity contribution in [3.8, 4) is 17.6 Å². The second-order valence-electron chi connectivity index (χ2n) is 4.74. The van der Waals surface area contributed by atoms with E-state index < -0.39 is 5.91 Å². The summed E-state index contributed by atoms with van der Waals surface area (Å²) in [6.07, 6.45) is 1.49. The number of hydrogen-bond acceptors (Lipinski definition) is 4. The highest BCUT2D eigenvalue weighted by atomic mass is 35.5. The molecule has 0 fully saturated rings. The summed E-state index contributed by atoms with van der Waals surface area (Å²) in [5.41, 5.74) is 1.11. The van der Waals surface area contributed by atoms with Crippen molar-refractivity contribution in [1.82, 2.24) is 0 Å². The zero-order valence-corrected chi connectivity index (χ0v) is 13.9. The number of amides is 1. The van der Waals surface area contributed by atoms with Crippen LogP contribution in [0.2, 0.25) is 5.02 Å². The van der Waals surface area contributed by atoms with Crippen molar-refractivity contribution < 1.29 is 14.3 Å². The van der Waals surface area contributed by atoms with Gasteiger partial charge < -0.3 is 14.8 Å². The Balaban J connectivity index is 2.24. The van der Waals surface area contributed by atoms with E-state index in [2.05, 4.69) is 5.32 Å². The first-order valence-electron chi connectivity index (χ1n) is 6.98. The maximum Gasteiger partial charge on any atom is 0.266 e. The maximum atomic E-state index is 12.3. The van der Waals surface area contributed by atoms with Gasteiger partial charge in [0.1, 0.15) is 23.1 Å². The van der Waals surface area contributed by atoms with Crippen LogP contribution < -0.4 is 14.8 Å². The Hall–Kier alpha value is -2.97. The van der Waals surface area contributed by atoms with Crippen LogP contribution in [-0.4, -0.2) is 20.1 Å². The molecule has 2 aromatic carbocycles. The first-order chi connectivity index (χ1) is 11.6. The summed E-state index contributed by atoms with van der Waals surface area (Å²) >= 11 is 5.82. The number of methoxy groups -OCH3 is 2. The zero-order valence-electron chi connectivity index (χ0n) is 13.2. The molecule has 5 nitrogen and oxygen atoms in total. The summed E-state index contributed by atoms with van der Waals surface area (Å²) in [6, 6.07) is 13.7. The molecule has 0 spiro atoms. The zero-order chi connectivity index (χ0) is 17.5. The molecule has 2 aromatic rings. The minimum Gasteiger partial charge on any atom is -0.497 e. The highest BCUT2D eigenvalue weighted by Gasteiger charge is 2.13. The lowest BCUT2D eigenvalue weighted by molar-refractivity contribution is -0.112. The monoisotopic (exact) mass is 342 g/mol. The van der Waals surface area contributed by atoms with E-state index in [1.165, 1.54) is 20.3 Å². The maximum absolute atomic E-state index is 12.3. The lowest BCUT2D eigenvalue weighted by Crippen LogP contribution is -2.14. The normalized spacial score (nSPS) is 10.7. The van der Waals surface area contributed by atoms with Gasteiger partial charge in [-0.25, -0.2) is 0 Å². The number of carbonyl (C=O) groups is 1. The highest BCUT2D eigenvalue weighted by Crippen LogP contribution is 2.29. The average molecular weight is 343 g/mol. The highest BCUT2D eigenvalue weighted by molar-refractivity contribution is 6.30. The molecule has 0 atom stereocenters. The number of anilines is 1. The minimum absolute atomic E-state index is 0.0322. The molecule has 0 aliphatic carbocycles. The number of hydrogen-bond donors (Lipinski definition) is 1. The van der Waals surface area contributed by atoms with E-state index in [1.807, 2.05) is 6.07 Å². The van der Waals surface area contributed by atoms with Crippen LogP contribution in [0.25, 0.3) is 6.08 Å². The van der Waals surface area contributed by atoms with E-state index in [0.717, 1.165) is 0 Å². The van der Waals surface area contributed by atoms with Gasteiger partial charge in [-0.3, -0.25) is 4.79 Å². The summed E-state index contributed by atoms with van der Waals surface area (Å²) in [7, 11) is 3.02. The summed E-state index contributed by atoms with van der Waals surface area (Å²) in [5, 5.41) is 12.5. The van der Waals surface area contributed by atoms with Gasteiger partial charge in [-0.05, 0) is 35.9 Å². The third-order valence-corrected chi connectivity index (χ3v) is 3.45. The smallest absolute Gasteiger partial charge is 0.266 e. The third-order valence-electron chi connectivity index (χ3n) is 3.20. The van der Waals surface area contributed by atoms with Crippen molar-refractivity contribution in [2.75, 3.05) is 19.5 Å². The van der Waals surface area contributed by atoms with Gasteiger partial charge in [0.15, 0.2) is 0 Å². The van der Waals surface area contributed by atoms with Gasteiger partial charge in [0.05, 0.1) is 19.9 Å². The van der Waals surface area contributed by atoms with Gasteiger partial charge in [0.2, 0.25) is 0 Å². The molecule has 0 unspecified atom stereocenters. The molecule has 0 saturated heterocycles. The third kappa shape index (κ3) is 4.28. The molecule has 0 saturated carbocycles. The van der Waals surface area contributed by atoms with Crippen molar-refractivity contribution >= 4 is 29.3 Å². The second kappa shape index (κ2) is 8.04. The number of benzene rings is 2. The van der Waals surface area contributed by atoms with Gasteiger partial charge in [0.25, 0.3) is 5.91 Å². The van der Waals surface area contributed by atoms with Gasteiger partial charge in [-0.1, -0.05) is 23.7 Å². The fourth-order valence-electron chi connectivity index (χ4n) is 1.97. The Bertz CT molecular complexity index is 808. The van der Waals surface area contributed by atoms with Crippen LogP contribution in [0.5, 0.6) is 11.5 Å². The summed E-state index contributed by atoms with van der Waals surface area (Å²) in [5.74, 6) is 0.504. The fourth-order valence-corrected chi connectivity index (χ4v) is 2.09. The SMILES string of the molecule is COc1ccc(NC(=O)/C(C#N)=C/c2ccc(Cl)cc2)c(OC)c1. The number of carbonyl (C=O) groups excluding carboxylic acids is 1. The molecule has 122 valence electrons. The number of nitrogens with zero attached hydrogens (tertiary/aromatic N) is 1. The van der Waals surface area contributed by atoms with E-state index in [4.69, 9.17) is 21.1 Å². The lowest BCUT2D eigenvalue weighted by Gasteiger charge is -2.11. The van der Waals surface area contributed by atoms with Crippen molar-refractivity contribution in [2.45, 2.75) is 0 Å². The Morgan fingerprint density at radius 2 is 1.88 bits per heavy atom. The number of nitrogens with one attached hydrogen (secondary N) is 1. The summed E-state index contributed by atoms with van der Waals surface area (Å²) < 4.78 is 10.3. The largest absolute Gasteiger partial charge is 0.497 e. The predicted molar refractivity (Wildman–Crippen MR) is 93.2 cm³/mol. The van der Waals surface area contributed by atoms with Crippen LogP contribution in [0.3, 0.4) is 0 Å². The first kappa shape index (κ1) is 17.4. The van der Waals surface area contributed by atoms with Crippen molar-refractivity contribution in [2.24, 2.45) is 0 Å². The molecular formula is C18H15ClN2O3. The quantitative estimate of drug-likeness (QED) is 0.660. The standard InChI is InChI=1S/C18H15ClN2O3/c1-23-15-7-8-16(17(10-15)24-2)21-18(22)13(11-20)9-12-3-5-14(19)6-4-12/h3-10H,1-2H3,(H,21,22)/b13-9+. The fraction of sp³-hybridized carbons (Fsp3) is 0.111. The van der Waals surface area contributed by atoms with E-state index in [-0.39, 0.29) is 5.57 Å². The van der Waals surface area contributed by atoms with Gasteiger partial charge in [-0.2, -0.15) is 5.26 Å². The van der Waals surface area contributed by atoms with E-state index in [9.17, 15) is 10.1 Å². The first-order valence-corrected chi connectivity index (χ1v) is 7.36. The molecule has 24 heavy (non-hydrogen) atoms. The molecule has 0 heterocycles. The molecule has 2 rings (SSSR count). The molecule has 0 aromatic heterocycles. The molecule has 0 aliphatic heterocycles. The van der Waals surface area contributed by atoms with Crippen molar-refractivity contribution in [3.63, 3.8) is 0 Å². The van der Waals surface area contributed by atoms with Crippen LogP contribution in [0.4, 0.5) is 5.69 Å². The van der Waals surface area contributed by atoms with E-state index in [1.54, 1.807) is 42.5 Å². The lowest BCUT2D eigenvalue weighted by atomic mass is 10.1. The Morgan fingerprint density at radius 3 is 2.46 bits per heavy atom.